The minimum Gasteiger partial charge on any atom is -0.394 e. The third-order valence-electron chi connectivity index (χ3n) is 2.56. The van der Waals surface area contributed by atoms with Crippen LogP contribution in [0, 0.1) is 0 Å². The van der Waals surface area contributed by atoms with Gasteiger partial charge in [0.25, 0.3) is 0 Å². The van der Waals surface area contributed by atoms with Gasteiger partial charge in [0.2, 0.25) is 0 Å². The quantitative estimate of drug-likeness (QED) is 0.582. The van der Waals surface area contributed by atoms with Gasteiger partial charge >= 0.3 is 0 Å². The number of hydrogen-bond acceptors (Lipinski definition) is 4. The largest absolute Gasteiger partial charge is 0.394 e. The number of aromatic nitrogens is 2. The summed E-state index contributed by atoms with van der Waals surface area (Å²) in [5.41, 5.74) is 3.02. The summed E-state index contributed by atoms with van der Waals surface area (Å²) in [5.74, 6) is 0. The summed E-state index contributed by atoms with van der Waals surface area (Å²) in [5, 5.41) is 25.6. The average molecular weight is 197 g/mol. The van der Waals surface area contributed by atoms with Gasteiger partial charge in [-0.1, -0.05) is 0 Å². The van der Waals surface area contributed by atoms with E-state index >= 15 is 0 Å². The molecule has 2 heterocycles. The fourth-order valence-corrected chi connectivity index (χ4v) is 1.90. The van der Waals surface area contributed by atoms with Crippen LogP contribution in [-0.2, 0) is 26.1 Å². The van der Waals surface area contributed by atoms with Gasteiger partial charge in [0.15, 0.2) is 0 Å². The molecule has 0 spiro atoms. The molecule has 0 atom stereocenters. The van der Waals surface area contributed by atoms with Crippen LogP contribution in [0.2, 0.25) is 0 Å². The summed E-state index contributed by atoms with van der Waals surface area (Å²) < 4.78 is 1.71. The van der Waals surface area contributed by atoms with Gasteiger partial charge in [-0.2, -0.15) is 5.10 Å². The average Bonchev–Trinajstić information content (AvgIpc) is 2.55. The normalized spacial score (nSPS) is 15.6. The molecule has 0 aliphatic carbocycles. The third kappa shape index (κ3) is 1.54. The molecular weight excluding hydrogens is 182 g/mol. The van der Waals surface area contributed by atoms with Crippen LogP contribution in [-0.4, -0.2) is 33.1 Å². The van der Waals surface area contributed by atoms with E-state index in [-0.39, 0.29) is 13.2 Å². The fourth-order valence-electron chi connectivity index (χ4n) is 1.90. The molecule has 1 aromatic rings. The fraction of sp³-hybridized carbons (Fsp3) is 0.667. The predicted molar refractivity (Wildman–Crippen MR) is 50.6 cm³/mol. The zero-order chi connectivity index (χ0) is 9.97. The van der Waals surface area contributed by atoms with E-state index in [1.807, 2.05) is 0 Å². The maximum Gasteiger partial charge on any atom is 0.0852 e. The molecule has 0 fully saturated rings. The second-order valence-corrected chi connectivity index (χ2v) is 3.40. The Bertz CT molecular complexity index is 322. The van der Waals surface area contributed by atoms with Crippen LogP contribution < -0.4 is 5.32 Å². The molecule has 1 aromatic heterocycles. The van der Waals surface area contributed by atoms with Gasteiger partial charge in [-0.3, -0.25) is 4.68 Å². The van der Waals surface area contributed by atoms with Gasteiger partial charge in [-0.05, 0) is 13.0 Å². The second-order valence-electron chi connectivity index (χ2n) is 3.40. The molecule has 2 rings (SSSR count). The first-order valence-corrected chi connectivity index (χ1v) is 4.86. The minimum absolute atomic E-state index is 0.00231. The SMILES string of the molecule is OCCn1nc2c(c1CO)CCNC2. The van der Waals surface area contributed by atoms with E-state index in [0.717, 1.165) is 36.5 Å². The lowest BCUT2D eigenvalue weighted by Gasteiger charge is -2.11. The summed E-state index contributed by atoms with van der Waals surface area (Å²) >= 11 is 0. The van der Waals surface area contributed by atoms with Crippen molar-refractivity contribution in [2.75, 3.05) is 13.2 Å². The number of aliphatic hydroxyl groups excluding tert-OH is 2. The van der Waals surface area contributed by atoms with E-state index in [0.29, 0.717) is 6.54 Å². The smallest absolute Gasteiger partial charge is 0.0852 e. The summed E-state index contributed by atoms with van der Waals surface area (Å²) in [6.45, 7) is 2.22. The van der Waals surface area contributed by atoms with Gasteiger partial charge in [0.1, 0.15) is 0 Å². The first-order chi connectivity index (χ1) is 6.86. The standard InChI is InChI=1S/C9H15N3O2/c13-4-3-12-9(6-14)7-1-2-10-5-8(7)11-12/h10,13-14H,1-6H2. The van der Waals surface area contributed by atoms with Crippen molar-refractivity contribution in [1.29, 1.82) is 0 Å². The number of nitrogens with zero attached hydrogens (tertiary/aromatic N) is 2. The highest BCUT2D eigenvalue weighted by Gasteiger charge is 2.18. The van der Waals surface area contributed by atoms with E-state index in [2.05, 4.69) is 10.4 Å². The first kappa shape index (κ1) is 9.64. The molecule has 0 radical (unpaired) electrons. The Kier molecular flexibility index (Phi) is 2.81. The molecule has 5 nitrogen and oxygen atoms in total. The third-order valence-corrected chi connectivity index (χ3v) is 2.56. The van der Waals surface area contributed by atoms with Crippen LogP contribution in [0.1, 0.15) is 17.0 Å². The molecule has 14 heavy (non-hydrogen) atoms. The Balaban J connectivity index is 2.36. The predicted octanol–water partition coefficient (Wildman–Crippen LogP) is -0.987. The van der Waals surface area contributed by atoms with Crippen molar-refractivity contribution in [2.24, 2.45) is 0 Å². The molecule has 0 unspecified atom stereocenters. The van der Waals surface area contributed by atoms with Gasteiger partial charge < -0.3 is 15.5 Å². The molecular formula is C9H15N3O2. The van der Waals surface area contributed by atoms with E-state index in [9.17, 15) is 5.11 Å². The van der Waals surface area contributed by atoms with Crippen LogP contribution in [0.5, 0.6) is 0 Å². The lowest BCUT2D eigenvalue weighted by molar-refractivity contribution is 0.243. The Morgan fingerprint density at radius 3 is 3.00 bits per heavy atom. The summed E-state index contributed by atoms with van der Waals surface area (Å²) in [7, 11) is 0. The van der Waals surface area contributed by atoms with Crippen LogP contribution >= 0.6 is 0 Å². The van der Waals surface area contributed by atoms with Crippen molar-refractivity contribution in [3.05, 3.63) is 17.0 Å². The molecule has 0 saturated carbocycles. The van der Waals surface area contributed by atoms with Crippen molar-refractivity contribution in [2.45, 2.75) is 26.1 Å². The number of aliphatic hydroxyl groups is 2. The van der Waals surface area contributed by atoms with Crippen molar-refractivity contribution >= 4 is 0 Å². The Hall–Kier alpha value is -0.910. The Morgan fingerprint density at radius 1 is 1.43 bits per heavy atom. The maximum atomic E-state index is 9.23. The van der Waals surface area contributed by atoms with Crippen molar-refractivity contribution in [3.8, 4) is 0 Å². The molecule has 3 N–H and O–H groups in total. The Morgan fingerprint density at radius 2 is 2.29 bits per heavy atom. The van der Waals surface area contributed by atoms with Crippen LogP contribution in [0.4, 0.5) is 0 Å². The van der Waals surface area contributed by atoms with Crippen molar-refractivity contribution < 1.29 is 10.2 Å². The molecule has 0 aromatic carbocycles. The van der Waals surface area contributed by atoms with Crippen LogP contribution in [0.15, 0.2) is 0 Å². The molecule has 1 aliphatic heterocycles. The molecule has 1 aliphatic rings. The first-order valence-electron chi connectivity index (χ1n) is 4.86. The molecule has 0 bridgehead atoms. The highest BCUT2D eigenvalue weighted by molar-refractivity contribution is 5.28. The number of rotatable bonds is 3. The monoisotopic (exact) mass is 197 g/mol. The molecule has 0 amide bonds. The number of nitrogens with one attached hydrogen (secondary N) is 1. The number of hydrogen-bond donors (Lipinski definition) is 3. The second kappa shape index (κ2) is 4.08. The lowest BCUT2D eigenvalue weighted by atomic mass is 10.1. The number of fused-ring (bicyclic) bond motifs is 1. The van der Waals surface area contributed by atoms with Gasteiger partial charge in [-0.25, -0.2) is 0 Å². The molecule has 78 valence electrons. The topological polar surface area (TPSA) is 70.3 Å². The lowest BCUT2D eigenvalue weighted by Crippen LogP contribution is -2.23. The van der Waals surface area contributed by atoms with Crippen LogP contribution in [0.3, 0.4) is 0 Å². The van der Waals surface area contributed by atoms with E-state index in [1.54, 1.807) is 4.68 Å². The van der Waals surface area contributed by atoms with Gasteiger partial charge in [-0.15, -0.1) is 0 Å². The van der Waals surface area contributed by atoms with Gasteiger partial charge in [0.05, 0.1) is 31.1 Å². The Labute approximate surface area is 82.4 Å². The van der Waals surface area contributed by atoms with E-state index < -0.39 is 0 Å². The summed E-state index contributed by atoms with van der Waals surface area (Å²) in [6, 6.07) is 0. The maximum absolute atomic E-state index is 9.23. The highest BCUT2D eigenvalue weighted by atomic mass is 16.3. The summed E-state index contributed by atoms with van der Waals surface area (Å²) in [4.78, 5) is 0. The highest BCUT2D eigenvalue weighted by Crippen LogP contribution is 2.18. The molecule has 5 heteroatoms. The minimum atomic E-state index is 0.00231. The van der Waals surface area contributed by atoms with Crippen molar-refractivity contribution in [3.63, 3.8) is 0 Å². The summed E-state index contributed by atoms with van der Waals surface area (Å²) in [6.07, 6.45) is 0.913. The van der Waals surface area contributed by atoms with Gasteiger partial charge in [0, 0.05) is 12.1 Å². The van der Waals surface area contributed by atoms with E-state index in [4.69, 9.17) is 5.11 Å². The van der Waals surface area contributed by atoms with E-state index in [1.165, 1.54) is 0 Å². The molecule has 0 saturated heterocycles. The zero-order valence-electron chi connectivity index (χ0n) is 8.03. The zero-order valence-corrected chi connectivity index (χ0v) is 8.03. The van der Waals surface area contributed by atoms with Crippen molar-refractivity contribution in [1.82, 2.24) is 15.1 Å². The van der Waals surface area contributed by atoms with Crippen LogP contribution in [0.25, 0.3) is 0 Å².